The van der Waals surface area contributed by atoms with Crippen molar-refractivity contribution in [3.63, 3.8) is 0 Å². The third-order valence-corrected chi connectivity index (χ3v) is 4.89. The Morgan fingerprint density at radius 1 is 1.58 bits per heavy atom. The number of carboxylic acid groups (broad SMARTS) is 1. The molecule has 0 saturated heterocycles. The Morgan fingerprint density at radius 3 is 2.89 bits per heavy atom. The molecule has 0 unspecified atom stereocenters. The van der Waals surface area contributed by atoms with E-state index in [-0.39, 0.29) is 17.9 Å². The van der Waals surface area contributed by atoms with Gasteiger partial charge in [0, 0.05) is 18.5 Å². The number of thiophene rings is 1. The van der Waals surface area contributed by atoms with Crippen LogP contribution in [0.25, 0.3) is 0 Å². The van der Waals surface area contributed by atoms with Crippen molar-refractivity contribution in [2.24, 2.45) is 0 Å². The number of hydrogen-bond acceptors (Lipinski definition) is 4. The van der Waals surface area contributed by atoms with Crippen molar-refractivity contribution >= 4 is 28.2 Å². The molecule has 3 rings (SSSR count). The van der Waals surface area contributed by atoms with Crippen LogP contribution >= 0.6 is 11.3 Å². The van der Waals surface area contributed by atoms with Gasteiger partial charge in [-0.2, -0.15) is 0 Å². The summed E-state index contributed by atoms with van der Waals surface area (Å²) in [6.07, 6.45) is 2.09. The van der Waals surface area contributed by atoms with Crippen LogP contribution in [-0.2, 0) is 10.2 Å². The molecule has 6 heteroatoms. The van der Waals surface area contributed by atoms with E-state index in [1.165, 1.54) is 16.2 Å². The highest BCUT2D eigenvalue weighted by Crippen LogP contribution is 2.54. The zero-order valence-corrected chi connectivity index (χ0v) is 11.5. The summed E-state index contributed by atoms with van der Waals surface area (Å²) >= 11 is 1.45. The third kappa shape index (κ3) is 2.00. The maximum absolute atomic E-state index is 12.3. The minimum atomic E-state index is -0.948. The molecule has 1 aliphatic carbocycles. The van der Waals surface area contributed by atoms with Gasteiger partial charge in [-0.25, -0.2) is 0 Å². The van der Waals surface area contributed by atoms with Gasteiger partial charge in [0.05, 0.1) is 9.88 Å². The van der Waals surface area contributed by atoms with Gasteiger partial charge in [-0.15, -0.1) is 11.3 Å². The zero-order valence-electron chi connectivity index (χ0n) is 10.7. The van der Waals surface area contributed by atoms with Gasteiger partial charge >= 0.3 is 5.97 Å². The lowest BCUT2D eigenvalue weighted by Crippen LogP contribution is -2.44. The van der Waals surface area contributed by atoms with E-state index in [4.69, 9.17) is 5.11 Å². The first-order valence-electron chi connectivity index (χ1n) is 6.45. The summed E-state index contributed by atoms with van der Waals surface area (Å²) < 4.78 is 0. The zero-order chi connectivity index (χ0) is 13.6. The molecule has 1 fully saturated rings. The molecule has 1 spiro atoms. The molecular weight excluding hydrogens is 264 g/mol. The Bertz CT molecular complexity index is 548. The molecule has 0 radical (unpaired) electrons. The van der Waals surface area contributed by atoms with E-state index < -0.39 is 5.97 Å². The Hall–Kier alpha value is -1.56. The van der Waals surface area contributed by atoms with Gasteiger partial charge in [0.1, 0.15) is 6.54 Å². The Morgan fingerprint density at radius 2 is 2.32 bits per heavy atom. The number of aliphatic carboxylic acids is 1. The summed E-state index contributed by atoms with van der Waals surface area (Å²) in [5.41, 5.74) is 1.16. The smallest absolute Gasteiger partial charge is 0.323 e. The molecule has 1 aromatic rings. The largest absolute Gasteiger partial charge is 0.480 e. The van der Waals surface area contributed by atoms with Gasteiger partial charge in [-0.05, 0) is 31.4 Å². The Balaban J connectivity index is 1.96. The summed E-state index contributed by atoms with van der Waals surface area (Å²) in [4.78, 5) is 25.4. The van der Waals surface area contributed by atoms with E-state index in [0.717, 1.165) is 34.8 Å². The molecular formula is C13H16N2O3S. The summed E-state index contributed by atoms with van der Waals surface area (Å²) in [6.45, 7) is 3.19. The topological polar surface area (TPSA) is 69.6 Å². The molecule has 5 nitrogen and oxygen atoms in total. The van der Waals surface area contributed by atoms with Crippen molar-refractivity contribution in [2.75, 3.05) is 25.0 Å². The summed E-state index contributed by atoms with van der Waals surface area (Å²) in [6, 6.07) is 2.08. The highest BCUT2D eigenvalue weighted by atomic mass is 32.1. The lowest BCUT2D eigenvalue weighted by Gasteiger charge is -2.31. The number of hydrogen-bond donors (Lipinski definition) is 2. The number of carbonyl (C=O) groups is 2. The quantitative estimate of drug-likeness (QED) is 0.881. The number of nitrogens with zero attached hydrogens (tertiary/aromatic N) is 1. The van der Waals surface area contributed by atoms with Gasteiger partial charge in [0.15, 0.2) is 0 Å². The van der Waals surface area contributed by atoms with Gasteiger partial charge in [0.2, 0.25) is 0 Å². The third-order valence-electron chi connectivity index (χ3n) is 3.81. The first kappa shape index (κ1) is 12.5. The van der Waals surface area contributed by atoms with Crippen molar-refractivity contribution in [1.82, 2.24) is 4.90 Å². The molecule has 102 valence electrons. The fraction of sp³-hybridized carbons (Fsp3) is 0.538. The van der Waals surface area contributed by atoms with Crippen LogP contribution in [0.1, 0.15) is 35.0 Å². The fourth-order valence-corrected chi connectivity index (χ4v) is 3.96. The standard InChI is InChI=1S/C13H16N2O3S/c1-2-14-9-5-8-11(19-9)12(18)15(6-10(16)17)7-13(8)3-4-13/h5,14H,2-4,6-7H2,1H3,(H,16,17). The fourth-order valence-electron chi connectivity index (χ4n) is 2.74. The van der Waals surface area contributed by atoms with E-state index in [0.29, 0.717) is 6.54 Å². The number of fused-ring (bicyclic) bond motifs is 2. The van der Waals surface area contributed by atoms with Crippen LogP contribution in [0.2, 0.25) is 0 Å². The van der Waals surface area contributed by atoms with Crippen LogP contribution in [0.5, 0.6) is 0 Å². The van der Waals surface area contributed by atoms with Crippen LogP contribution in [0.3, 0.4) is 0 Å². The van der Waals surface area contributed by atoms with Crippen LogP contribution in [0.4, 0.5) is 5.00 Å². The number of nitrogens with one attached hydrogen (secondary N) is 1. The Labute approximate surface area is 115 Å². The second-order valence-corrected chi connectivity index (χ2v) is 6.27. The summed E-state index contributed by atoms with van der Waals surface area (Å²) in [5, 5.41) is 13.2. The minimum absolute atomic E-state index is 0.0306. The number of anilines is 1. The number of rotatable bonds is 4. The average Bonchev–Trinajstić information content (AvgIpc) is 2.97. The predicted molar refractivity (Wildman–Crippen MR) is 72.9 cm³/mol. The minimum Gasteiger partial charge on any atom is -0.480 e. The highest BCUT2D eigenvalue weighted by molar-refractivity contribution is 7.18. The molecule has 0 aromatic carbocycles. The van der Waals surface area contributed by atoms with Crippen LogP contribution in [0, 0.1) is 0 Å². The van der Waals surface area contributed by atoms with Crippen molar-refractivity contribution in [1.29, 1.82) is 0 Å². The maximum Gasteiger partial charge on any atom is 0.323 e. The monoisotopic (exact) mass is 280 g/mol. The molecule has 1 amide bonds. The van der Waals surface area contributed by atoms with Gasteiger partial charge in [0.25, 0.3) is 5.91 Å². The molecule has 2 N–H and O–H groups in total. The molecule has 1 aliphatic heterocycles. The van der Waals surface area contributed by atoms with Crippen molar-refractivity contribution in [3.05, 3.63) is 16.5 Å². The Kier molecular flexibility index (Phi) is 2.78. The first-order chi connectivity index (χ1) is 9.05. The molecule has 19 heavy (non-hydrogen) atoms. The number of carboxylic acids is 1. The normalized spacial score (nSPS) is 19.4. The number of carbonyl (C=O) groups excluding carboxylic acids is 1. The van der Waals surface area contributed by atoms with Crippen molar-refractivity contribution in [2.45, 2.75) is 25.2 Å². The van der Waals surface area contributed by atoms with E-state index in [1.54, 1.807) is 0 Å². The molecule has 0 atom stereocenters. The predicted octanol–water partition coefficient (Wildman–Crippen LogP) is 1.75. The lowest BCUT2D eigenvalue weighted by atomic mass is 9.92. The molecule has 0 bridgehead atoms. The van der Waals surface area contributed by atoms with Crippen LogP contribution < -0.4 is 5.32 Å². The van der Waals surface area contributed by atoms with Crippen molar-refractivity contribution in [3.8, 4) is 0 Å². The number of amides is 1. The summed E-state index contributed by atoms with van der Waals surface area (Å²) in [7, 11) is 0. The molecule has 2 heterocycles. The SMILES string of the molecule is CCNc1cc2c(s1)C(=O)N(CC(=O)O)CC21CC1. The van der Waals surface area contributed by atoms with Gasteiger partial charge in [-0.1, -0.05) is 0 Å². The second kappa shape index (κ2) is 4.23. The molecule has 1 saturated carbocycles. The van der Waals surface area contributed by atoms with Gasteiger partial charge < -0.3 is 15.3 Å². The van der Waals surface area contributed by atoms with Crippen LogP contribution in [0.15, 0.2) is 6.07 Å². The van der Waals surface area contributed by atoms with E-state index in [2.05, 4.69) is 11.4 Å². The lowest BCUT2D eigenvalue weighted by molar-refractivity contribution is -0.137. The molecule has 2 aliphatic rings. The van der Waals surface area contributed by atoms with Crippen LogP contribution in [-0.4, -0.2) is 41.5 Å². The second-order valence-electron chi connectivity index (χ2n) is 5.22. The summed E-state index contributed by atoms with van der Waals surface area (Å²) in [5.74, 6) is -1.08. The molecule has 1 aromatic heterocycles. The first-order valence-corrected chi connectivity index (χ1v) is 7.26. The van der Waals surface area contributed by atoms with Crippen molar-refractivity contribution < 1.29 is 14.7 Å². The van der Waals surface area contributed by atoms with E-state index >= 15 is 0 Å². The average molecular weight is 280 g/mol. The van der Waals surface area contributed by atoms with E-state index in [9.17, 15) is 9.59 Å². The highest BCUT2D eigenvalue weighted by Gasteiger charge is 2.52. The van der Waals surface area contributed by atoms with E-state index in [1.807, 2.05) is 6.92 Å². The van der Waals surface area contributed by atoms with Gasteiger partial charge in [-0.3, -0.25) is 9.59 Å². The maximum atomic E-state index is 12.3.